The van der Waals surface area contributed by atoms with E-state index in [0.29, 0.717) is 42.6 Å². The maximum atomic E-state index is 12.3. The fourth-order valence-corrected chi connectivity index (χ4v) is 2.59. The number of aromatic nitrogens is 1. The Morgan fingerprint density at radius 3 is 2.88 bits per heavy atom. The highest BCUT2D eigenvalue weighted by molar-refractivity contribution is 6.33. The van der Waals surface area contributed by atoms with E-state index in [1.807, 2.05) is 25.1 Å². The largest absolute Gasteiger partial charge is 0.441 e. The first-order chi connectivity index (χ1) is 11.5. The monoisotopic (exact) mass is 345 g/mol. The molecule has 24 heavy (non-hydrogen) atoms. The van der Waals surface area contributed by atoms with Crippen LogP contribution in [-0.4, -0.2) is 28.9 Å². The molecule has 2 rings (SSSR count). The number of amides is 1. The molecule has 6 heteroatoms. The van der Waals surface area contributed by atoms with Crippen molar-refractivity contribution < 1.29 is 9.21 Å². The van der Waals surface area contributed by atoms with Crippen LogP contribution in [0, 0.1) is 17.2 Å². The number of hydrogen-bond donors (Lipinski definition) is 0. The average Bonchev–Trinajstić information content (AvgIpc) is 3.06. The molecule has 1 atom stereocenters. The van der Waals surface area contributed by atoms with Crippen molar-refractivity contribution in [3.05, 3.63) is 41.4 Å². The Bertz CT molecular complexity index is 736. The van der Waals surface area contributed by atoms with Gasteiger partial charge in [-0.3, -0.25) is 4.79 Å². The third-order valence-electron chi connectivity index (χ3n) is 3.69. The van der Waals surface area contributed by atoms with Crippen LogP contribution < -0.4 is 0 Å². The number of halogens is 1. The van der Waals surface area contributed by atoms with E-state index >= 15 is 0 Å². The van der Waals surface area contributed by atoms with Crippen LogP contribution in [0.25, 0.3) is 11.3 Å². The molecule has 5 nitrogen and oxygen atoms in total. The van der Waals surface area contributed by atoms with E-state index in [0.717, 1.165) is 5.56 Å². The summed E-state index contributed by atoms with van der Waals surface area (Å²) in [6, 6.07) is 9.53. The summed E-state index contributed by atoms with van der Waals surface area (Å²) in [5.41, 5.74) is 0.780. The second kappa shape index (κ2) is 8.51. The molecule has 0 aliphatic rings. The predicted octanol–water partition coefficient (Wildman–Crippen LogP) is 3.94. The number of aryl methyl sites for hydroxylation is 1. The summed E-state index contributed by atoms with van der Waals surface area (Å²) < 4.78 is 5.70. The van der Waals surface area contributed by atoms with Crippen LogP contribution in [0.1, 0.15) is 26.2 Å². The van der Waals surface area contributed by atoms with E-state index in [1.54, 1.807) is 24.1 Å². The molecule has 0 saturated carbocycles. The lowest BCUT2D eigenvalue weighted by Crippen LogP contribution is -2.34. The van der Waals surface area contributed by atoms with Crippen molar-refractivity contribution >= 4 is 17.5 Å². The summed E-state index contributed by atoms with van der Waals surface area (Å²) in [7, 11) is 0. The number of benzene rings is 1. The van der Waals surface area contributed by atoms with Gasteiger partial charge in [-0.25, -0.2) is 4.98 Å². The standard InChI is InChI=1S/C18H20ClN3O2/c1-3-22(12-13(2)10-20)18(23)9-8-17-21-11-16(24-17)14-6-4-5-7-15(14)19/h4-7,11,13H,3,8-9,12H2,1-2H3/t13-/m0/s1. The van der Waals surface area contributed by atoms with E-state index in [4.69, 9.17) is 21.3 Å². The number of rotatable bonds is 7. The number of carbonyl (C=O) groups excluding carboxylic acids is 1. The number of nitrogens with zero attached hydrogens (tertiary/aromatic N) is 3. The zero-order chi connectivity index (χ0) is 17.5. The average molecular weight is 346 g/mol. The van der Waals surface area contributed by atoms with Crippen LogP contribution in [0.2, 0.25) is 5.02 Å². The Morgan fingerprint density at radius 1 is 1.46 bits per heavy atom. The Hall–Kier alpha value is -2.32. The molecule has 1 amide bonds. The van der Waals surface area contributed by atoms with Gasteiger partial charge in [-0.2, -0.15) is 5.26 Å². The smallest absolute Gasteiger partial charge is 0.223 e. The minimum Gasteiger partial charge on any atom is -0.441 e. The van der Waals surface area contributed by atoms with E-state index in [9.17, 15) is 4.79 Å². The summed E-state index contributed by atoms with van der Waals surface area (Å²) in [6.45, 7) is 4.74. The Morgan fingerprint density at radius 2 is 2.21 bits per heavy atom. The molecule has 1 heterocycles. The maximum absolute atomic E-state index is 12.3. The fraction of sp³-hybridized carbons (Fsp3) is 0.389. The van der Waals surface area contributed by atoms with Gasteiger partial charge in [0.15, 0.2) is 11.7 Å². The van der Waals surface area contributed by atoms with Crippen LogP contribution in [-0.2, 0) is 11.2 Å². The van der Waals surface area contributed by atoms with Crippen LogP contribution in [0.5, 0.6) is 0 Å². The Balaban J connectivity index is 1.97. The molecule has 0 aliphatic heterocycles. The number of carbonyl (C=O) groups is 1. The van der Waals surface area contributed by atoms with Gasteiger partial charge in [0.1, 0.15) is 0 Å². The van der Waals surface area contributed by atoms with Gasteiger partial charge in [-0.1, -0.05) is 23.7 Å². The van der Waals surface area contributed by atoms with Gasteiger partial charge in [0, 0.05) is 31.5 Å². The quantitative estimate of drug-likeness (QED) is 0.762. The zero-order valence-electron chi connectivity index (χ0n) is 13.8. The number of oxazole rings is 1. The van der Waals surface area contributed by atoms with Crippen molar-refractivity contribution in [3.8, 4) is 17.4 Å². The number of hydrogen-bond acceptors (Lipinski definition) is 4. The normalized spacial score (nSPS) is 11.8. The van der Waals surface area contributed by atoms with Crippen molar-refractivity contribution in [2.75, 3.05) is 13.1 Å². The highest BCUT2D eigenvalue weighted by atomic mass is 35.5. The van der Waals surface area contributed by atoms with Crippen molar-refractivity contribution in [1.29, 1.82) is 5.26 Å². The third-order valence-corrected chi connectivity index (χ3v) is 4.02. The third kappa shape index (κ3) is 4.59. The lowest BCUT2D eigenvalue weighted by atomic mass is 10.2. The zero-order valence-corrected chi connectivity index (χ0v) is 14.6. The molecule has 126 valence electrons. The highest BCUT2D eigenvalue weighted by Crippen LogP contribution is 2.28. The first kappa shape index (κ1) is 18.0. The van der Waals surface area contributed by atoms with E-state index in [-0.39, 0.29) is 11.8 Å². The van der Waals surface area contributed by atoms with Crippen LogP contribution in [0.15, 0.2) is 34.9 Å². The molecule has 2 aromatic rings. The van der Waals surface area contributed by atoms with Crippen molar-refractivity contribution in [2.24, 2.45) is 5.92 Å². The van der Waals surface area contributed by atoms with Crippen LogP contribution >= 0.6 is 11.6 Å². The molecule has 0 saturated heterocycles. The Kier molecular flexibility index (Phi) is 6.39. The predicted molar refractivity (Wildman–Crippen MR) is 92.3 cm³/mol. The minimum absolute atomic E-state index is 0.00269. The van der Waals surface area contributed by atoms with Gasteiger partial charge >= 0.3 is 0 Å². The molecular formula is C18H20ClN3O2. The minimum atomic E-state index is -0.178. The van der Waals surface area contributed by atoms with Gasteiger partial charge in [0.25, 0.3) is 0 Å². The summed E-state index contributed by atoms with van der Waals surface area (Å²) in [6.07, 6.45) is 2.34. The molecule has 1 aromatic heterocycles. The summed E-state index contributed by atoms with van der Waals surface area (Å²) in [4.78, 5) is 18.2. The Labute approximate surface area is 146 Å². The summed E-state index contributed by atoms with van der Waals surface area (Å²) >= 11 is 6.14. The van der Waals surface area contributed by atoms with E-state index < -0.39 is 0 Å². The second-order valence-corrected chi connectivity index (χ2v) is 5.97. The first-order valence-corrected chi connectivity index (χ1v) is 8.30. The van der Waals surface area contributed by atoms with Crippen molar-refractivity contribution in [2.45, 2.75) is 26.7 Å². The van der Waals surface area contributed by atoms with Gasteiger partial charge in [0.2, 0.25) is 5.91 Å². The van der Waals surface area contributed by atoms with Crippen LogP contribution in [0.4, 0.5) is 0 Å². The van der Waals surface area contributed by atoms with Crippen LogP contribution in [0.3, 0.4) is 0 Å². The molecule has 0 aliphatic carbocycles. The highest BCUT2D eigenvalue weighted by Gasteiger charge is 2.16. The summed E-state index contributed by atoms with van der Waals surface area (Å²) in [5, 5.41) is 9.47. The molecule has 0 N–H and O–H groups in total. The molecule has 0 fully saturated rings. The molecule has 0 bridgehead atoms. The molecular weight excluding hydrogens is 326 g/mol. The van der Waals surface area contributed by atoms with Gasteiger partial charge in [-0.15, -0.1) is 0 Å². The molecule has 0 unspecified atom stereocenters. The molecule has 1 aromatic carbocycles. The topological polar surface area (TPSA) is 70.1 Å². The van der Waals surface area contributed by atoms with E-state index in [1.165, 1.54) is 0 Å². The lowest BCUT2D eigenvalue weighted by molar-refractivity contribution is -0.131. The number of nitriles is 1. The fourth-order valence-electron chi connectivity index (χ4n) is 2.36. The first-order valence-electron chi connectivity index (χ1n) is 7.92. The lowest BCUT2D eigenvalue weighted by Gasteiger charge is -2.21. The SMILES string of the molecule is CCN(C[C@@H](C)C#N)C(=O)CCc1ncc(-c2ccccc2Cl)o1. The molecule has 0 spiro atoms. The van der Waals surface area contributed by atoms with Crippen molar-refractivity contribution in [1.82, 2.24) is 9.88 Å². The maximum Gasteiger partial charge on any atom is 0.223 e. The van der Waals surface area contributed by atoms with Gasteiger partial charge in [0.05, 0.1) is 23.2 Å². The van der Waals surface area contributed by atoms with E-state index in [2.05, 4.69) is 11.1 Å². The van der Waals surface area contributed by atoms with Gasteiger partial charge < -0.3 is 9.32 Å². The second-order valence-electron chi connectivity index (χ2n) is 5.56. The molecule has 0 radical (unpaired) electrons. The summed E-state index contributed by atoms with van der Waals surface area (Å²) in [5.74, 6) is 0.913. The van der Waals surface area contributed by atoms with Crippen molar-refractivity contribution in [3.63, 3.8) is 0 Å². The van der Waals surface area contributed by atoms with Gasteiger partial charge in [-0.05, 0) is 26.0 Å².